The minimum atomic E-state index is -0.524. The van der Waals surface area contributed by atoms with E-state index in [-0.39, 0.29) is 5.78 Å². The van der Waals surface area contributed by atoms with Crippen LogP contribution in [0.15, 0.2) is 72.8 Å². The molecule has 0 radical (unpaired) electrons. The molecule has 4 heteroatoms. The number of nitrogens with zero attached hydrogens (tertiary/aromatic N) is 1. The lowest BCUT2D eigenvalue weighted by Crippen LogP contribution is -2.10. The highest BCUT2D eigenvalue weighted by molar-refractivity contribution is 5.99. The summed E-state index contributed by atoms with van der Waals surface area (Å²) in [5.74, 6) is -0.228. The Morgan fingerprint density at radius 1 is 0.846 bits per heavy atom. The molecule has 4 nitrogen and oxygen atoms in total. The normalized spacial score (nSPS) is 10.0. The zero-order chi connectivity index (χ0) is 18.5. The summed E-state index contributed by atoms with van der Waals surface area (Å²) in [6.45, 7) is 1.48. The van der Waals surface area contributed by atoms with Crippen molar-refractivity contribution in [2.24, 2.45) is 0 Å². The van der Waals surface area contributed by atoms with Crippen LogP contribution in [0.5, 0.6) is 5.75 Å². The number of ketones is 1. The fourth-order valence-corrected chi connectivity index (χ4v) is 2.63. The zero-order valence-corrected chi connectivity index (χ0v) is 14.1. The summed E-state index contributed by atoms with van der Waals surface area (Å²) in [5, 5.41) is 9.32. The number of hydrogen-bond acceptors (Lipinski definition) is 4. The van der Waals surface area contributed by atoms with Crippen LogP contribution in [-0.4, -0.2) is 11.8 Å². The van der Waals surface area contributed by atoms with Crippen LogP contribution in [0.1, 0.15) is 33.2 Å². The molecule has 3 rings (SSSR count). The van der Waals surface area contributed by atoms with Crippen LogP contribution in [0.25, 0.3) is 11.1 Å². The summed E-state index contributed by atoms with van der Waals surface area (Å²) in [6.07, 6.45) is 0. The Morgan fingerprint density at radius 2 is 1.46 bits per heavy atom. The quantitative estimate of drug-likeness (QED) is 0.394. The lowest BCUT2D eigenvalue weighted by Gasteiger charge is -2.11. The second kappa shape index (κ2) is 7.45. The number of Topliss-reactive ketones (excluding diaryl/α,β-unsaturated/α-hetero) is 1. The predicted octanol–water partition coefficient (Wildman–Crippen LogP) is 4.65. The van der Waals surface area contributed by atoms with Gasteiger partial charge in [0.25, 0.3) is 0 Å². The number of carbonyl (C=O) groups is 2. The number of carbonyl (C=O) groups excluding carboxylic acids is 2. The molecule has 0 aliphatic rings. The highest BCUT2D eigenvalue weighted by Crippen LogP contribution is 2.28. The van der Waals surface area contributed by atoms with Crippen molar-refractivity contribution in [2.45, 2.75) is 6.92 Å². The molecule has 0 spiro atoms. The van der Waals surface area contributed by atoms with E-state index in [0.29, 0.717) is 33.6 Å². The van der Waals surface area contributed by atoms with E-state index in [1.54, 1.807) is 60.7 Å². The fourth-order valence-electron chi connectivity index (χ4n) is 2.63. The molecule has 0 saturated carbocycles. The lowest BCUT2D eigenvalue weighted by molar-refractivity contribution is 0.0735. The van der Waals surface area contributed by atoms with Crippen molar-refractivity contribution in [3.63, 3.8) is 0 Å². The first-order chi connectivity index (χ1) is 12.6. The third-order valence-corrected chi connectivity index (χ3v) is 3.96. The molecule has 0 saturated heterocycles. The van der Waals surface area contributed by atoms with Crippen molar-refractivity contribution in [1.82, 2.24) is 0 Å². The molecule has 0 amide bonds. The highest BCUT2D eigenvalue weighted by atomic mass is 16.5. The summed E-state index contributed by atoms with van der Waals surface area (Å²) in [5.41, 5.74) is 2.71. The monoisotopic (exact) mass is 341 g/mol. The molecule has 0 bridgehead atoms. The van der Waals surface area contributed by atoms with E-state index in [1.165, 1.54) is 6.92 Å². The summed E-state index contributed by atoms with van der Waals surface area (Å²) in [7, 11) is 0. The molecular weight excluding hydrogens is 326 g/mol. The average Bonchev–Trinajstić information content (AvgIpc) is 2.68. The van der Waals surface area contributed by atoms with Gasteiger partial charge >= 0.3 is 5.97 Å². The van der Waals surface area contributed by atoms with Gasteiger partial charge in [0.2, 0.25) is 0 Å². The first kappa shape index (κ1) is 17.1. The van der Waals surface area contributed by atoms with Gasteiger partial charge in [0.15, 0.2) is 5.78 Å². The van der Waals surface area contributed by atoms with Crippen LogP contribution in [0, 0.1) is 11.3 Å². The van der Waals surface area contributed by atoms with E-state index in [1.807, 2.05) is 12.1 Å². The standard InChI is InChI=1S/C22H15NO3/c1-15(24)16-10-12-18(13-11-16)26-22(25)21-9-5-4-8-20(21)19-7-3-2-6-17(19)14-23/h2-13H,1H3. The third-order valence-electron chi connectivity index (χ3n) is 3.96. The second-order valence-corrected chi connectivity index (χ2v) is 5.67. The van der Waals surface area contributed by atoms with Gasteiger partial charge in [-0.25, -0.2) is 4.79 Å². The van der Waals surface area contributed by atoms with E-state index in [0.717, 1.165) is 0 Å². The second-order valence-electron chi connectivity index (χ2n) is 5.67. The third kappa shape index (κ3) is 3.52. The molecule has 26 heavy (non-hydrogen) atoms. The molecule has 126 valence electrons. The van der Waals surface area contributed by atoms with Gasteiger partial charge in [-0.05, 0) is 48.9 Å². The predicted molar refractivity (Wildman–Crippen MR) is 98.0 cm³/mol. The molecule has 0 atom stereocenters. The van der Waals surface area contributed by atoms with Gasteiger partial charge in [-0.1, -0.05) is 36.4 Å². The number of nitriles is 1. The van der Waals surface area contributed by atoms with Crippen LogP contribution in [0.2, 0.25) is 0 Å². The number of rotatable bonds is 4. The van der Waals surface area contributed by atoms with E-state index in [2.05, 4.69) is 6.07 Å². The van der Waals surface area contributed by atoms with Crippen LogP contribution < -0.4 is 4.74 Å². The van der Waals surface area contributed by atoms with E-state index >= 15 is 0 Å². The molecule has 0 N–H and O–H groups in total. The van der Waals surface area contributed by atoms with Gasteiger partial charge in [0, 0.05) is 11.1 Å². The van der Waals surface area contributed by atoms with Crippen molar-refractivity contribution in [3.05, 3.63) is 89.5 Å². The topological polar surface area (TPSA) is 67.2 Å². The van der Waals surface area contributed by atoms with E-state index < -0.39 is 5.97 Å². The van der Waals surface area contributed by atoms with E-state index in [9.17, 15) is 14.9 Å². The molecular formula is C22H15NO3. The Kier molecular flexibility index (Phi) is 4.91. The maximum Gasteiger partial charge on any atom is 0.344 e. The maximum absolute atomic E-state index is 12.7. The average molecular weight is 341 g/mol. The zero-order valence-electron chi connectivity index (χ0n) is 14.1. The minimum absolute atomic E-state index is 0.0543. The molecule has 3 aromatic rings. The van der Waals surface area contributed by atoms with Gasteiger partial charge in [-0.2, -0.15) is 5.26 Å². The lowest BCUT2D eigenvalue weighted by atomic mass is 9.96. The van der Waals surface area contributed by atoms with Gasteiger partial charge in [-0.3, -0.25) is 4.79 Å². The number of hydrogen-bond donors (Lipinski definition) is 0. The van der Waals surface area contributed by atoms with Crippen LogP contribution in [-0.2, 0) is 0 Å². The number of esters is 1. The summed E-state index contributed by atoms with van der Waals surface area (Å²) in [4.78, 5) is 24.0. The molecule has 0 aromatic heterocycles. The Labute approximate surface area is 151 Å². The van der Waals surface area contributed by atoms with E-state index in [4.69, 9.17) is 4.74 Å². The highest BCUT2D eigenvalue weighted by Gasteiger charge is 2.16. The largest absolute Gasteiger partial charge is 0.423 e. The van der Waals surface area contributed by atoms with Gasteiger partial charge < -0.3 is 4.74 Å². The Hall–Kier alpha value is -3.71. The molecule has 0 fully saturated rings. The maximum atomic E-state index is 12.7. The fraction of sp³-hybridized carbons (Fsp3) is 0.0455. The molecule has 3 aromatic carbocycles. The number of ether oxygens (including phenoxy) is 1. The summed E-state index contributed by atoms with van der Waals surface area (Å²) < 4.78 is 5.44. The smallest absolute Gasteiger partial charge is 0.344 e. The van der Waals surface area contributed by atoms with Crippen LogP contribution in [0.3, 0.4) is 0 Å². The Morgan fingerprint density at radius 3 is 2.12 bits per heavy atom. The molecule has 0 aliphatic heterocycles. The number of benzene rings is 3. The first-order valence-electron chi connectivity index (χ1n) is 8.02. The summed E-state index contributed by atoms with van der Waals surface area (Å²) in [6, 6.07) is 22.6. The SMILES string of the molecule is CC(=O)c1ccc(OC(=O)c2ccccc2-c2ccccc2C#N)cc1. The Bertz CT molecular complexity index is 1010. The van der Waals surface area contributed by atoms with Crippen LogP contribution in [0.4, 0.5) is 0 Å². The molecule has 0 unspecified atom stereocenters. The van der Waals surface area contributed by atoms with Crippen molar-refractivity contribution in [2.75, 3.05) is 0 Å². The first-order valence-corrected chi connectivity index (χ1v) is 8.02. The summed E-state index contributed by atoms with van der Waals surface area (Å²) >= 11 is 0. The van der Waals surface area contributed by atoms with Crippen molar-refractivity contribution >= 4 is 11.8 Å². The molecule has 0 heterocycles. The Balaban J connectivity index is 1.94. The van der Waals surface area contributed by atoms with Gasteiger partial charge in [0.05, 0.1) is 17.2 Å². The van der Waals surface area contributed by atoms with Crippen molar-refractivity contribution in [3.8, 4) is 22.9 Å². The van der Waals surface area contributed by atoms with Gasteiger partial charge in [-0.15, -0.1) is 0 Å². The van der Waals surface area contributed by atoms with Crippen LogP contribution >= 0.6 is 0 Å². The molecule has 0 aliphatic carbocycles. The van der Waals surface area contributed by atoms with Gasteiger partial charge in [0.1, 0.15) is 5.75 Å². The van der Waals surface area contributed by atoms with Crippen molar-refractivity contribution in [1.29, 1.82) is 5.26 Å². The van der Waals surface area contributed by atoms with Crippen molar-refractivity contribution < 1.29 is 14.3 Å². The minimum Gasteiger partial charge on any atom is -0.423 e.